The average Bonchev–Trinajstić information content (AvgIpc) is 2.50. The van der Waals surface area contributed by atoms with Gasteiger partial charge in [0.05, 0.1) is 11.9 Å². The first-order valence-corrected chi connectivity index (χ1v) is 9.47. The molecule has 0 saturated carbocycles. The third-order valence-corrected chi connectivity index (χ3v) is 5.02. The normalized spacial score (nSPS) is 12.5. The molecule has 0 bridgehead atoms. The number of nitrogens with zero attached hydrogens (tertiary/aromatic N) is 1. The van der Waals surface area contributed by atoms with E-state index in [1.165, 1.54) is 0 Å². The van der Waals surface area contributed by atoms with Crippen molar-refractivity contribution in [1.82, 2.24) is 0 Å². The summed E-state index contributed by atoms with van der Waals surface area (Å²) in [7, 11) is -3.60. The van der Waals surface area contributed by atoms with E-state index in [0.717, 1.165) is 21.7 Å². The van der Waals surface area contributed by atoms with Gasteiger partial charge in [0, 0.05) is 5.69 Å². The molecular formula is C18H22N2O3S. The Morgan fingerprint density at radius 1 is 1.04 bits per heavy atom. The second-order valence-electron chi connectivity index (χ2n) is 5.87. The van der Waals surface area contributed by atoms with Crippen LogP contribution in [0.4, 0.5) is 11.4 Å². The summed E-state index contributed by atoms with van der Waals surface area (Å²) >= 11 is 0. The van der Waals surface area contributed by atoms with E-state index in [0.29, 0.717) is 11.4 Å². The van der Waals surface area contributed by atoms with Crippen LogP contribution < -0.4 is 9.62 Å². The Balaban J connectivity index is 2.31. The van der Waals surface area contributed by atoms with E-state index < -0.39 is 16.1 Å². The predicted molar refractivity (Wildman–Crippen MR) is 97.8 cm³/mol. The third kappa shape index (κ3) is 4.14. The van der Waals surface area contributed by atoms with Gasteiger partial charge in [0.15, 0.2) is 0 Å². The number of para-hydroxylation sites is 1. The highest BCUT2D eigenvalue weighted by molar-refractivity contribution is 7.92. The van der Waals surface area contributed by atoms with E-state index >= 15 is 0 Å². The predicted octanol–water partition coefficient (Wildman–Crippen LogP) is 3.10. The molecule has 0 aliphatic rings. The monoisotopic (exact) mass is 346 g/mol. The van der Waals surface area contributed by atoms with Gasteiger partial charge in [-0.3, -0.25) is 9.10 Å². The molecule has 0 aromatic heterocycles. The van der Waals surface area contributed by atoms with Gasteiger partial charge in [-0.05, 0) is 44.5 Å². The number of carbonyl (C=O) groups is 1. The van der Waals surface area contributed by atoms with Gasteiger partial charge in [-0.2, -0.15) is 0 Å². The summed E-state index contributed by atoms with van der Waals surface area (Å²) in [5, 5.41) is 2.80. The molecule has 0 spiro atoms. The SMILES string of the molecule is Cc1ccc(N([C@H](C)C(=O)Nc2ccccc2C)S(C)(=O)=O)cc1. The van der Waals surface area contributed by atoms with Crippen LogP contribution in [0.15, 0.2) is 48.5 Å². The number of rotatable bonds is 5. The quantitative estimate of drug-likeness (QED) is 0.905. The molecule has 0 heterocycles. The van der Waals surface area contributed by atoms with Crippen molar-refractivity contribution in [2.45, 2.75) is 26.8 Å². The van der Waals surface area contributed by atoms with Crippen LogP contribution in [0.2, 0.25) is 0 Å². The Morgan fingerprint density at radius 3 is 2.17 bits per heavy atom. The van der Waals surface area contributed by atoms with Crippen molar-refractivity contribution in [2.75, 3.05) is 15.9 Å². The second kappa shape index (κ2) is 7.05. The summed E-state index contributed by atoms with van der Waals surface area (Å²) in [5.74, 6) is -0.379. The van der Waals surface area contributed by atoms with Crippen molar-refractivity contribution < 1.29 is 13.2 Å². The maximum absolute atomic E-state index is 12.6. The van der Waals surface area contributed by atoms with E-state index in [-0.39, 0.29) is 5.91 Å². The van der Waals surface area contributed by atoms with Gasteiger partial charge in [-0.25, -0.2) is 8.42 Å². The lowest BCUT2D eigenvalue weighted by Gasteiger charge is -2.28. The molecule has 2 aromatic carbocycles. The first-order chi connectivity index (χ1) is 11.2. The molecule has 0 saturated heterocycles. The number of anilines is 2. The van der Waals surface area contributed by atoms with Crippen molar-refractivity contribution >= 4 is 27.3 Å². The summed E-state index contributed by atoms with van der Waals surface area (Å²) in [5.41, 5.74) is 3.07. The molecule has 0 aliphatic carbocycles. The highest BCUT2D eigenvalue weighted by Crippen LogP contribution is 2.22. The fourth-order valence-electron chi connectivity index (χ4n) is 2.45. The number of hydrogen-bond donors (Lipinski definition) is 1. The number of amides is 1. The van der Waals surface area contributed by atoms with Gasteiger partial charge in [-0.15, -0.1) is 0 Å². The Hall–Kier alpha value is -2.34. The fraction of sp³-hybridized carbons (Fsp3) is 0.278. The van der Waals surface area contributed by atoms with E-state index in [1.54, 1.807) is 25.1 Å². The van der Waals surface area contributed by atoms with Crippen molar-refractivity contribution in [2.24, 2.45) is 0 Å². The van der Waals surface area contributed by atoms with Gasteiger partial charge in [0.2, 0.25) is 15.9 Å². The highest BCUT2D eigenvalue weighted by atomic mass is 32.2. The third-order valence-electron chi connectivity index (χ3n) is 3.78. The van der Waals surface area contributed by atoms with Crippen LogP contribution in [0.1, 0.15) is 18.1 Å². The molecular weight excluding hydrogens is 324 g/mol. The zero-order valence-corrected chi connectivity index (χ0v) is 15.1. The summed E-state index contributed by atoms with van der Waals surface area (Å²) < 4.78 is 25.6. The minimum Gasteiger partial charge on any atom is -0.324 e. The average molecular weight is 346 g/mol. The largest absolute Gasteiger partial charge is 0.324 e. The summed E-state index contributed by atoms with van der Waals surface area (Å²) in [6.07, 6.45) is 1.10. The number of carbonyl (C=O) groups excluding carboxylic acids is 1. The first kappa shape index (κ1) is 18.0. The zero-order chi connectivity index (χ0) is 17.9. The standard InChI is InChI=1S/C18H22N2O3S/c1-13-9-11-16(12-10-13)20(24(4,22)23)15(3)18(21)19-17-8-6-5-7-14(17)2/h5-12,15H,1-4H3,(H,19,21)/t15-/m1/s1. The lowest BCUT2D eigenvalue weighted by atomic mass is 10.2. The second-order valence-corrected chi connectivity index (χ2v) is 7.73. The molecule has 1 atom stereocenters. The summed E-state index contributed by atoms with van der Waals surface area (Å²) in [6.45, 7) is 5.38. The maximum atomic E-state index is 12.6. The van der Waals surface area contributed by atoms with Gasteiger partial charge in [0.25, 0.3) is 0 Å². The van der Waals surface area contributed by atoms with E-state index in [4.69, 9.17) is 0 Å². The fourth-order valence-corrected chi connectivity index (χ4v) is 3.63. The number of sulfonamides is 1. The zero-order valence-electron chi connectivity index (χ0n) is 14.3. The summed E-state index contributed by atoms with van der Waals surface area (Å²) in [4.78, 5) is 12.6. The Bertz CT molecular complexity index is 830. The lowest BCUT2D eigenvalue weighted by molar-refractivity contribution is -0.116. The van der Waals surface area contributed by atoms with Crippen molar-refractivity contribution in [3.8, 4) is 0 Å². The number of benzene rings is 2. The van der Waals surface area contributed by atoms with E-state index in [9.17, 15) is 13.2 Å². The molecule has 1 N–H and O–H groups in total. The molecule has 0 aliphatic heterocycles. The Kier molecular flexibility index (Phi) is 5.29. The minimum atomic E-state index is -3.60. The van der Waals surface area contributed by atoms with Crippen LogP contribution in [0.3, 0.4) is 0 Å². The highest BCUT2D eigenvalue weighted by Gasteiger charge is 2.29. The number of aryl methyl sites for hydroxylation is 2. The van der Waals surface area contributed by atoms with Gasteiger partial charge in [-0.1, -0.05) is 35.9 Å². The van der Waals surface area contributed by atoms with Crippen LogP contribution >= 0.6 is 0 Å². The smallest absolute Gasteiger partial charge is 0.248 e. The molecule has 2 rings (SSSR count). The Morgan fingerprint density at radius 2 is 1.62 bits per heavy atom. The molecule has 24 heavy (non-hydrogen) atoms. The molecule has 0 fully saturated rings. The van der Waals surface area contributed by atoms with E-state index in [1.807, 2.05) is 44.2 Å². The van der Waals surface area contributed by atoms with Crippen LogP contribution in [0.25, 0.3) is 0 Å². The van der Waals surface area contributed by atoms with Crippen LogP contribution in [-0.4, -0.2) is 26.6 Å². The van der Waals surface area contributed by atoms with E-state index in [2.05, 4.69) is 5.32 Å². The molecule has 2 aromatic rings. The number of hydrogen-bond acceptors (Lipinski definition) is 3. The number of nitrogens with one attached hydrogen (secondary N) is 1. The Labute approximate surface area is 143 Å². The van der Waals surface area contributed by atoms with Crippen molar-refractivity contribution in [3.05, 3.63) is 59.7 Å². The molecule has 128 valence electrons. The van der Waals surface area contributed by atoms with Crippen LogP contribution in [0.5, 0.6) is 0 Å². The molecule has 1 amide bonds. The van der Waals surface area contributed by atoms with Gasteiger partial charge in [0.1, 0.15) is 6.04 Å². The maximum Gasteiger partial charge on any atom is 0.248 e. The van der Waals surface area contributed by atoms with Crippen molar-refractivity contribution in [3.63, 3.8) is 0 Å². The topological polar surface area (TPSA) is 66.5 Å². The van der Waals surface area contributed by atoms with Crippen LogP contribution in [-0.2, 0) is 14.8 Å². The summed E-state index contributed by atoms with van der Waals surface area (Å²) in [6, 6.07) is 13.5. The molecule has 5 nitrogen and oxygen atoms in total. The molecule has 6 heteroatoms. The molecule has 0 unspecified atom stereocenters. The first-order valence-electron chi connectivity index (χ1n) is 7.62. The molecule has 0 radical (unpaired) electrons. The van der Waals surface area contributed by atoms with Gasteiger partial charge >= 0.3 is 0 Å². The lowest BCUT2D eigenvalue weighted by Crippen LogP contribution is -2.45. The van der Waals surface area contributed by atoms with Crippen molar-refractivity contribution in [1.29, 1.82) is 0 Å². The minimum absolute atomic E-state index is 0.379. The van der Waals surface area contributed by atoms with Gasteiger partial charge < -0.3 is 5.32 Å². The van der Waals surface area contributed by atoms with Crippen LogP contribution in [0, 0.1) is 13.8 Å².